The van der Waals surface area contributed by atoms with Gasteiger partial charge in [-0.3, -0.25) is 4.79 Å². The van der Waals surface area contributed by atoms with Crippen molar-refractivity contribution in [3.05, 3.63) is 29.8 Å². The fourth-order valence-corrected chi connectivity index (χ4v) is 1.29. The molecule has 1 aliphatic heterocycles. The number of nitrogens with one attached hydrogen (secondary N) is 1. The third-order valence-corrected chi connectivity index (χ3v) is 2.24. The number of benzene rings is 1. The average molecular weight is 243 g/mol. The molecule has 4 nitrogen and oxygen atoms in total. The normalized spacial score (nSPS) is 17.9. The largest absolute Gasteiger partial charge is 0.435 e. The van der Waals surface area contributed by atoms with Gasteiger partial charge in [0, 0.05) is 6.54 Å². The molecule has 0 spiro atoms. The number of epoxide rings is 1. The lowest BCUT2D eigenvalue weighted by molar-refractivity contribution is -0.122. The minimum absolute atomic E-state index is 0.0978. The van der Waals surface area contributed by atoms with E-state index in [-0.39, 0.29) is 17.8 Å². The van der Waals surface area contributed by atoms with E-state index in [0.29, 0.717) is 13.2 Å². The molecule has 1 fully saturated rings. The van der Waals surface area contributed by atoms with Crippen LogP contribution in [0.5, 0.6) is 5.75 Å². The van der Waals surface area contributed by atoms with Crippen molar-refractivity contribution in [2.75, 3.05) is 6.61 Å². The summed E-state index contributed by atoms with van der Waals surface area (Å²) in [7, 11) is 0. The summed E-state index contributed by atoms with van der Waals surface area (Å²) in [5.74, 6) is -0.0569. The molecule has 1 aromatic carbocycles. The van der Waals surface area contributed by atoms with E-state index in [0.717, 1.165) is 5.56 Å². The fourth-order valence-electron chi connectivity index (χ4n) is 1.29. The summed E-state index contributed by atoms with van der Waals surface area (Å²) in [4.78, 5) is 11.2. The van der Waals surface area contributed by atoms with E-state index in [1.807, 2.05) is 0 Å². The van der Waals surface area contributed by atoms with Crippen molar-refractivity contribution in [1.82, 2.24) is 5.32 Å². The van der Waals surface area contributed by atoms with Gasteiger partial charge in [-0.1, -0.05) is 12.1 Å². The Bertz CT molecular complexity index is 390. The zero-order valence-corrected chi connectivity index (χ0v) is 8.86. The van der Waals surface area contributed by atoms with Crippen LogP contribution in [-0.4, -0.2) is 25.2 Å². The Morgan fingerprint density at radius 3 is 2.65 bits per heavy atom. The van der Waals surface area contributed by atoms with E-state index in [1.54, 1.807) is 12.1 Å². The summed E-state index contributed by atoms with van der Waals surface area (Å²) in [6, 6.07) is 6.10. The Morgan fingerprint density at radius 2 is 2.12 bits per heavy atom. The number of halogens is 2. The molecule has 2 rings (SSSR count). The van der Waals surface area contributed by atoms with Gasteiger partial charge < -0.3 is 14.8 Å². The Labute approximate surface area is 96.5 Å². The topological polar surface area (TPSA) is 50.9 Å². The van der Waals surface area contributed by atoms with Crippen LogP contribution in [0.3, 0.4) is 0 Å². The molecule has 6 heteroatoms. The van der Waals surface area contributed by atoms with E-state index < -0.39 is 6.61 Å². The van der Waals surface area contributed by atoms with Gasteiger partial charge in [-0.15, -0.1) is 0 Å². The third-order valence-electron chi connectivity index (χ3n) is 2.24. The van der Waals surface area contributed by atoms with Crippen LogP contribution in [0.2, 0.25) is 0 Å². The van der Waals surface area contributed by atoms with Crippen LogP contribution >= 0.6 is 0 Å². The lowest BCUT2D eigenvalue weighted by Gasteiger charge is -2.06. The van der Waals surface area contributed by atoms with Gasteiger partial charge in [-0.25, -0.2) is 0 Å². The zero-order chi connectivity index (χ0) is 12.3. The summed E-state index contributed by atoms with van der Waals surface area (Å²) in [6.45, 7) is -2.02. The van der Waals surface area contributed by atoms with Gasteiger partial charge in [0.25, 0.3) is 5.91 Å². The molecule has 92 valence electrons. The highest BCUT2D eigenvalue weighted by Crippen LogP contribution is 2.15. The van der Waals surface area contributed by atoms with Crippen LogP contribution < -0.4 is 10.1 Å². The maximum Gasteiger partial charge on any atom is 0.387 e. The molecular formula is C11H11F2NO3. The SMILES string of the molecule is O=C(NCc1ccc(OC(F)F)cc1)C1CO1. The van der Waals surface area contributed by atoms with E-state index in [9.17, 15) is 13.6 Å². The monoisotopic (exact) mass is 243 g/mol. The number of carbonyl (C=O) groups excluding carboxylic acids is 1. The first-order valence-electron chi connectivity index (χ1n) is 5.08. The summed E-state index contributed by atoms with van der Waals surface area (Å²) < 4.78 is 32.8. The standard InChI is InChI=1S/C11H11F2NO3/c12-11(13)17-8-3-1-7(2-4-8)5-14-10(15)9-6-16-9/h1-4,9,11H,5-6H2,(H,14,15). The van der Waals surface area contributed by atoms with Gasteiger partial charge >= 0.3 is 6.61 Å². The molecule has 0 aliphatic carbocycles. The Balaban J connectivity index is 1.82. The highest BCUT2D eigenvalue weighted by Gasteiger charge is 2.30. The van der Waals surface area contributed by atoms with Crippen molar-refractivity contribution in [1.29, 1.82) is 0 Å². The van der Waals surface area contributed by atoms with Gasteiger partial charge in [0.1, 0.15) is 5.75 Å². The van der Waals surface area contributed by atoms with Gasteiger partial charge in [-0.05, 0) is 17.7 Å². The molecule has 1 aliphatic rings. The minimum Gasteiger partial charge on any atom is -0.435 e. The summed E-state index contributed by atoms with van der Waals surface area (Å²) >= 11 is 0. The molecule has 1 unspecified atom stereocenters. The minimum atomic E-state index is -2.83. The molecule has 1 N–H and O–H groups in total. The molecule has 0 radical (unpaired) electrons. The third kappa shape index (κ3) is 3.67. The van der Waals surface area contributed by atoms with Crippen molar-refractivity contribution in [3.63, 3.8) is 0 Å². The van der Waals surface area contributed by atoms with E-state index in [4.69, 9.17) is 4.74 Å². The van der Waals surface area contributed by atoms with Crippen molar-refractivity contribution >= 4 is 5.91 Å². The molecule has 0 bridgehead atoms. The molecule has 1 aromatic rings. The number of carbonyl (C=O) groups is 1. The van der Waals surface area contributed by atoms with Gasteiger partial charge in [0.15, 0.2) is 6.10 Å². The lowest BCUT2D eigenvalue weighted by atomic mass is 10.2. The van der Waals surface area contributed by atoms with E-state index in [1.165, 1.54) is 12.1 Å². The highest BCUT2D eigenvalue weighted by molar-refractivity contribution is 5.82. The first-order chi connectivity index (χ1) is 8.15. The molecular weight excluding hydrogens is 232 g/mol. The van der Waals surface area contributed by atoms with Crippen molar-refractivity contribution < 1.29 is 23.0 Å². The number of hydrogen-bond donors (Lipinski definition) is 1. The van der Waals surface area contributed by atoms with Gasteiger partial charge in [-0.2, -0.15) is 8.78 Å². The predicted molar refractivity (Wildman–Crippen MR) is 54.7 cm³/mol. The first-order valence-corrected chi connectivity index (χ1v) is 5.08. The van der Waals surface area contributed by atoms with Crippen molar-refractivity contribution in [2.45, 2.75) is 19.3 Å². The predicted octanol–water partition coefficient (Wildman–Crippen LogP) is 1.30. The Kier molecular flexibility index (Phi) is 3.53. The van der Waals surface area contributed by atoms with Crippen molar-refractivity contribution in [2.24, 2.45) is 0 Å². The van der Waals surface area contributed by atoms with Crippen LogP contribution in [-0.2, 0) is 16.1 Å². The number of hydrogen-bond acceptors (Lipinski definition) is 3. The van der Waals surface area contributed by atoms with Gasteiger partial charge in [0.05, 0.1) is 6.61 Å². The average Bonchev–Trinajstić information content (AvgIpc) is 3.11. The Hall–Kier alpha value is -1.69. The summed E-state index contributed by atoms with van der Waals surface area (Å²) in [5.41, 5.74) is 0.806. The number of rotatable bonds is 5. The first kappa shape index (κ1) is 11.8. The molecule has 1 amide bonds. The fraction of sp³-hybridized carbons (Fsp3) is 0.364. The molecule has 0 saturated carbocycles. The molecule has 1 saturated heterocycles. The second kappa shape index (κ2) is 5.09. The second-order valence-corrected chi connectivity index (χ2v) is 3.56. The van der Waals surface area contributed by atoms with Crippen LogP contribution in [0, 0.1) is 0 Å². The number of ether oxygens (including phenoxy) is 2. The Morgan fingerprint density at radius 1 is 1.47 bits per heavy atom. The maximum absolute atomic E-state index is 11.9. The maximum atomic E-state index is 11.9. The molecule has 1 atom stereocenters. The molecule has 17 heavy (non-hydrogen) atoms. The van der Waals surface area contributed by atoms with Crippen LogP contribution in [0.25, 0.3) is 0 Å². The van der Waals surface area contributed by atoms with E-state index >= 15 is 0 Å². The highest BCUT2D eigenvalue weighted by atomic mass is 19.3. The smallest absolute Gasteiger partial charge is 0.387 e. The van der Waals surface area contributed by atoms with Crippen molar-refractivity contribution in [3.8, 4) is 5.75 Å². The zero-order valence-electron chi connectivity index (χ0n) is 8.86. The quantitative estimate of drug-likeness (QED) is 0.793. The number of alkyl halides is 2. The van der Waals surface area contributed by atoms with Gasteiger partial charge in [0.2, 0.25) is 0 Å². The molecule has 0 aromatic heterocycles. The second-order valence-electron chi connectivity index (χ2n) is 3.56. The van der Waals surface area contributed by atoms with Crippen LogP contribution in [0.4, 0.5) is 8.78 Å². The summed E-state index contributed by atoms with van der Waals surface area (Å²) in [6.07, 6.45) is -0.323. The van der Waals surface area contributed by atoms with E-state index in [2.05, 4.69) is 10.1 Å². The summed E-state index contributed by atoms with van der Waals surface area (Å²) in [5, 5.41) is 2.67. The number of amides is 1. The van der Waals surface area contributed by atoms with Crippen LogP contribution in [0.1, 0.15) is 5.56 Å². The lowest BCUT2D eigenvalue weighted by Crippen LogP contribution is -2.27. The molecule has 1 heterocycles. The van der Waals surface area contributed by atoms with Crippen LogP contribution in [0.15, 0.2) is 24.3 Å².